The maximum atomic E-state index is 12.6. The van der Waals surface area contributed by atoms with Crippen molar-refractivity contribution in [3.05, 3.63) is 64.9 Å². The Morgan fingerprint density at radius 3 is 2.65 bits per heavy atom. The van der Waals surface area contributed by atoms with Crippen molar-refractivity contribution in [2.45, 2.75) is 38.3 Å². The molecule has 1 aromatic carbocycles. The Balaban J connectivity index is 1.40. The lowest BCUT2D eigenvalue weighted by Crippen LogP contribution is -2.28. The summed E-state index contributed by atoms with van der Waals surface area (Å²) in [5.74, 6) is -0.137. The van der Waals surface area contributed by atoms with Gasteiger partial charge in [-0.25, -0.2) is 9.97 Å². The topological polar surface area (TPSA) is 88.3 Å². The summed E-state index contributed by atoms with van der Waals surface area (Å²) in [4.78, 5) is 35.9. The minimum atomic E-state index is -0.0789. The van der Waals surface area contributed by atoms with Gasteiger partial charge in [0, 0.05) is 35.7 Å². The van der Waals surface area contributed by atoms with Gasteiger partial charge in [0.05, 0.1) is 11.8 Å². The van der Waals surface area contributed by atoms with Gasteiger partial charge in [0.15, 0.2) is 5.16 Å². The quantitative estimate of drug-likeness (QED) is 0.461. The van der Waals surface area contributed by atoms with Crippen LogP contribution in [0.2, 0.25) is 0 Å². The Morgan fingerprint density at radius 2 is 1.97 bits per heavy atom. The van der Waals surface area contributed by atoms with Gasteiger partial charge in [-0.2, -0.15) is 0 Å². The van der Waals surface area contributed by atoms with Crippen LogP contribution >= 0.6 is 11.8 Å². The molecule has 1 aliphatic rings. The molecule has 0 fully saturated rings. The van der Waals surface area contributed by atoms with Gasteiger partial charge in [0.25, 0.3) is 5.91 Å². The van der Waals surface area contributed by atoms with Gasteiger partial charge in [-0.15, -0.1) is 0 Å². The van der Waals surface area contributed by atoms with Crippen LogP contribution in [0.25, 0.3) is 0 Å². The summed E-state index contributed by atoms with van der Waals surface area (Å²) in [7, 11) is 0. The van der Waals surface area contributed by atoms with E-state index in [-0.39, 0.29) is 11.8 Å². The molecular formula is C23H24N4O3S. The lowest BCUT2D eigenvalue weighted by Gasteiger charge is -2.16. The number of nitrogens with one attached hydrogen (secondary N) is 1. The molecule has 0 spiro atoms. The molecule has 7 nitrogen and oxygen atoms in total. The van der Waals surface area contributed by atoms with Gasteiger partial charge in [0.1, 0.15) is 6.26 Å². The average Bonchev–Trinajstić information content (AvgIpc) is 3.42. The third-order valence-corrected chi connectivity index (χ3v) is 6.00. The van der Waals surface area contributed by atoms with Gasteiger partial charge >= 0.3 is 0 Å². The van der Waals surface area contributed by atoms with Crippen LogP contribution in [0.15, 0.2) is 46.4 Å². The van der Waals surface area contributed by atoms with E-state index < -0.39 is 0 Å². The van der Waals surface area contributed by atoms with Crippen LogP contribution in [0, 0.1) is 13.8 Å². The van der Waals surface area contributed by atoms with Gasteiger partial charge in [-0.3, -0.25) is 9.59 Å². The number of hydrogen-bond donors (Lipinski definition) is 1. The zero-order valence-electron chi connectivity index (χ0n) is 17.8. The number of aromatic nitrogens is 2. The molecule has 2 amide bonds. The lowest BCUT2D eigenvalue weighted by molar-refractivity contribution is -0.116. The number of carbonyl (C=O) groups is 2. The summed E-state index contributed by atoms with van der Waals surface area (Å²) < 4.78 is 5.02. The first-order chi connectivity index (χ1) is 15.0. The Hall–Kier alpha value is -3.13. The zero-order valence-corrected chi connectivity index (χ0v) is 18.6. The second kappa shape index (κ2) is 8.93. The Morgan fingerprint density at radius 1 is 1.19 bits per heavy atom. The number of anilines is 2. The summed E-state index contributed by atoms with van der Waals surface area (Å²) in [6.45, 7) is 4.53. The maximum absolute atomic E-state index is 12.6. The van der Waals surface area contributed by atoms with Crippen molar-refractivity contribution in [3.8, 4) is 0 Å². The van der Waals surface area contributed by atoms with Crippen molar-refractivity contribution in [1.82, 2.24) is 9.97 Å². The highest BCUT2D eigenvalue weighted by Crippen LogP contribution is 2.31. The molecule has 0 unspecified atom stereocenters. The molecule has 2 aromatic heterocycles. The normalized spacial score (nSPS) is 12.7. The molecule has 3 heterocycles. The number of aryl methyl sites for hydroxylation is 2. The second-order valence-electron chi connectivity index (χ2n) is 7.47. The predicted molar refractivity (Wildman–Crippen MR) is 121 cm³/mol. The van der Waals surface area contributed by atoms with Crippen LogP contribution in [0.5, 0.6) is 0 Å². The smallest absolute Gasteiger partial charge is 0.261 e. The number of furan rings is 1. The van der Waals surface area contributed by atoms with Gasteiger partial charge in [-0.1, -0.05) is 11.8 Å². The number of amides is 2. The van der Waals surface area contributed by atoms with Crippen LogP contribution in [-0.2, 0) is 17.6 Å². The van der Waals surface area contributed by atoms with Gasteiger partial charge in [-0.05, 0) is 68.3 Å². The van der Waals surface area contributed by atoms with Gasteiger partial charge < -0.3 is 14.6 Å². The van der Waals surface area contributed by atoms with Crippen molar-refractivity contribution in [3.63, 3.8) is 0 Å². The van der Waals surface area contributed by atoms with E-state index in [1.165, 1.54) is 24.3 Å². The highest BCUT2D eigenvalue weighted by molar-refractivity contribution is 7.98. The van der Waals surface area contributed by atoms with Crippen LogP contribution in [0.1, 0.15) is 39.3 Å². The minimum absolute atomic E-state index is 0.0583. The number of thioether (sulfide) groups is 1. The predicted octanol–water partition coefficient (Wildman–Crippen LogP) is 4.18. The zero-order chi connectivity index (χ0) is 22.0. The molecule has 160 valence electrons. The van der Waals surface area contributed by atoms with E-state index >= 15 is 0 Å². The minimum Gasteiger partial charge on any atom is -0.472 e. The third-order valence-electron chi connectivity index (χ3n) is 5.46. The number of rotatable bonds is 6. The van der Waals surface area contributed by atoms with E-state index in [1.54, 1.807) is 11.0 Å². The lowest BCUT2D eigenvalue weighted by atomic mass is 10.1. The molecule has 0 saturated heterocycles. The number of carbonyl (C=O) groups excluding carboxylic acids is 2. The number of hydrogen-bond acceptors (Lipinski definition) is 6. The van der Waals surface area contributed by atoms with Crippen molar-refractivity contribution in [2.75, 3.05) is 23.0 Å². The molecule has 4 rings (SSSR count). The molecule has 0 radical (unpaired) electrons. The standard InChI is InChI=1S/C23H24N4O3S/c1-14-19(15(2)25-23(24-14)31-3)5-7-21(28)26-18-4-6-20-16(12-18)8-10-27(20)22(29)17-9-11-30-13-17/h4,6,9,11-13H,5,7-8,10H2,1-3H3,(H,26,28). The summed E-state index contributed by atoms with van der Waals surface area (Å²) in [5, 5.41) is 3.72. The van der Waals surface area contributed by atoms with E-state index in [9.17, 15) is 9.59 Å². The van der Waals surface area contributed by atoms with E-state index in [2.05, 4.69) is 15.3 Å². The summed E-state index contributed by atoms with van der Waals surface area (Å²) in [6, 6.07) is 7.34. The highest BCUT2D eigenvalue weighted by Gasteiger charge is 2.26. The summed E-state index contributed by atoms with van der Waals surface area (Å²) in [6.07, 6.45) is 6.60. The average molecular weight is 437 g/mol. The molecule has 31 heavy (non-hydrogen) atoms. The molecule has 0 bridgehead atoms. The molecular weight excluding hydrogens is 412 g/mol. The molecule has 3 aromatic rings. The molecule has 0 aliphatic carbocycles. The van der Waals surface area contributed by atoms with Crippen molar-refractivity contribution in [2.24, 2.45) is 0 Å². The van der Waals surface area contributed by atoms with Gasteiger partial charge in [0.2, 0.25) is 5.91 Å². The van der Waals surface area contributed by atoms with Crippen LogP contribution in [-0.4, -0.2) is 34.6 Å². The molecule has 8 heteroatoms. The van der Waals surface area contributed by atoms with Crippen LogP contribution < -0.4 is 10.2 Å². The van der Waals surface area contributed by atoms with Crippen LogP contribution in [0.4, 0.5) is 11.4 Å². The van der Waals surface area contributed by atoms with Crippen molar-refractivity contribution >= 4 is 35.0 Å². The van der Waals surface area contributed by atoms with Crippen molar-refractivity contribution in [1.29, 1.82) is 0 Å². The molecule has 0 saturated carbocycles. The molecule has 0 atom stereocenters. The fraction of sp³-hybridized carbons (Fsp3) is 0.304. The number of nitrogens with zero attached hydrogens (tertiary/aromatic N) is 3. The maximum Gasteiger partial charge on any atom is 0.261 e. The van der Waals surface area contributed by atoms with E-state index in [0.717, 1.165) is 45.5 Å². The molecule has 1 N–H and O–H groups in total. The van der Waals surface area contributed by atoms with Crippen molar-refractivity contribution < 1.29 is 14.0 Å². The van der Waals surface area contributed by atoms with E-state index in [1.807, 2.05) is 38.3 Å². The number of fused-ring (bicyclic) bond motifs is 1. The largest absolute Gasteiger partial charge is 0.472 e. The Kier molecular flexibility index (Phi) is 6.08. The molecule has 1 aliphatic heterocycles. The van der Waals surface area contributed by atoms with E-state index in [4.69, 9.17) is 4.42 Å². The number of benzene rings is 1. The first kappa shape index (κ1) is 21.1. The fourth-order valence-corrected chi connectivity index (χ4v) is 4.31. The second-order valence-corrected chi connectivity index (χ2v) is 8.24. The highest BCUT2D eigenvalue weighted by atomic mass is 32.2. The first-order valence-corrected chi connectivity index (χ1v) is 11.3. The fourth-order valence-electron chi connectivity index (χ4n) is 3.86. The third kappa shape index (κ3) is 4.49. The summed E-state index contributed by atoms with van der Waals surface area (Å²) >= 11 is 1.51. The van der Waals surface area contributed by atoms with E-state index in [0.29, 0.717) is 24.9 Å². The Labute approximate surface area is 185 Å². The first-order valence-electron chi connectivity index (χ1n) is 10.1. The monoisotopic (exact) mass is 436 g/mol. The summed E-state index contributed by atoms with van der Waals surface area (Å²) in [5.41, 5.74) is 6.06. The Bertz CT molecular complexity index is 1100. The van der Waals surface area contributed by atoms with Crippen LogP contribution in [0.3, 0.4) is 0 Å². The SMILES string of the molecule is CSc1nc(C)c(CCC(=O)Nc2ccc3c(c2)CCN3C(=O)c2ccoc2)c(C)n1.